The second kappa shape index (κ2) is 6.10. The molecule has 1 unspecified atom stereocenters. The molecule has 0 saturated heterocycles. The third-order valence-electron chi connectivity index (χ3n) is 1.79. The van der Waals surface area contributed by atoms with E-state index >= 15 is 0 Å². The molecule has 16 heavy (non-hydrogen) atoms. The zero-order chi connectivity index (χ0) is 12.0. The number of carboxylic acids is 1. The zero-order valence-electron chi connectivity index (χ0n) is 8.73. The molecule has 1 aromatic rings. The number of hydrogen-bond donors (Lipinski definition) is 3. The molecule has 0 aliphatic heterocycles. The summed E-state index contributed by atoms with van der Waals surface area (Å²) in [6.45, 7) is 1.65. The molecule has 86 valence electrons. The molecule has 5 nitrogen and oxygen atoms in total. The highest BCUT2D eigenvalue weighted by Crippen LogP contribution is 2.19. The smallest absolute Gasteiger partial charge is 0.347 e. The van der Waals surface area contributed by atoms with Crippen LogP contribution in [0.15, 0.2) is 6.20 Å². The summed E-state index contributed by atoms with van der Waals surface area (Å²) in [5.74, 6) is 4.57. The molecule has 1 atom stereocenters. The topological polar surface area (TPSA) is 82.5 Å². The fourth-order valence-electron chi connectivity index (χ4n) is 1.00. The first kappa shape index (κ1) is 12.5. The monoisotopic (exact) mass is 240 g/mol. The average molecular weight is 240 g/mol. The summed E-state index contributed by atoms with van der Waals surface area (Å²) in [6.07, 6.45) is 1.78. The minimum Gasteiger partial charge on any atom is -0.477 e. The largest absolute Gasteiger partial charge is 0.477 e. The molecule has 0 aliphatic carbocycles. The second-order valence-electron chi connectivity index (χ2n) is 2.99. The van der Waals surface area contributed by atoms with Crippen molar-refractivity contribution in [3.8, 4) is 11.8 Å². The lowest BCUT2D eigenvalue weighted by Crippen LogP contribution is -2.22. The third kappa shape index (κ3) is 3.53. The minimum absolute atomic E-state index is 0.0728. The Morgan fingerprint density at radius 2 is 2.50 bits per heavy atom. The van der Waals surface area contributed by atoms with Crippen molar-refractivity contribution in [2.75, 3.05) is 11.9 Å². The summed E-state index contributed by atoms with van der Waals surface area (Å²) in [7, 11) is 0. The fourth-order valence-corrected chi connectivity index (χ4v) is 1.73. The van der Waals surface area contributed by atoms with Crippen LogP contribution in [-0.2, 0) is 0 Å². The summed E-state index contributed by atoms with van der Waals surface area (Å²) in [6, 6.07) is -0.222. The molecule has 0 amide bonds. The molecule has 0 aliphatic rings. The molecule has 1 aromatic heterocycles. The van der Waals surface area contributed by atoms with Crippen LogP contribution in [-0.4, -0.2) is 33.8 Å². The standard InChI is InChI=1S/C10H12N2O3S/c1-2-3-4-7(6-13)12-10-11-5-8(16-10)9(14)15/h5,7,13H,4,6H2,1H3,(H,11,12)(H,14,15). The second-order valence-corrected chi connectivity index (χ2v) is 4.02. The van der Waals surface area contributed by atoms with E-state index in [0.29, 0.717) is 11.6 Å². The van der Waals surface area contributed by atoms with Crippen molar-refractivity contribution in [1.82, 2.24) is 4.98 Å². The number of aromatic carboxylic acids is 1. The van der Waals surface area contributed by atoms with Crippen LogP contribution in [0.5, 0.6) is 0 Å². The predicted molar refractivity (Wildman–Crippen MR) is 61.6 cm³/mol. The molecular formula is C10H12N2O3S. The van der Waals surface area contributed by atoms with E-state index in [9.17, 15) is 4.79 Å². The van der Waals surface area contributed by atoms with Crippen molar-refractivity contribution in [2.45, 2.75) is 19.4 Å². The van der Waals surface area contributed by atoms with E-state index in [4.69, 9.17) is 10.2 Å². The number of hydrogen-bond acceptors (Lipinski definition) is 5. The van der Waals surface area contributed by atoms with Crippen molar-refractivity contribution >= 4 is 22.4 Å². The normalized spacial score (nSPS) is 11.4. The predicted octanol–water partition coefficient (Wildman–Crippen LogP) is 1.03. The lowest BCUT2D eigenvalue weighted by atomic mass is 10.2. The summed E-state index contributed by atoms with van der Waals surface area (Å²) >= 11 is 1.04. The number of nitrogens with zero attached hydrogens (tertiary/aromatic N) is 1. The van der Waals surface area contributed by atoms with Crippen LogP contribution >= 0.6 is 11.3 Å². The number of thiazole rings is 1. The first-order chi connectivity index (χ1) is 7.67. The highest BCUT2D eigenvalue weighted by molar-refractivity contribution is 7.17. The Kier molecular flexibility index (Phi) is 4.76. The summed E-state index contributed by atoms with van der Waals surface area (Å²) in [5, 5.41) is 21.2. The summed E-state index contributed by atoms with van der Waals surface area (Å²) in [5.41, 5.74) is 0. The number of rotatable bonds is 5. The highest BCUT2D eigenvalue weighted by atomic mass is 32.1. The molecule has 0 fully saturated rings. The summed E-state index contributed by atoms with van der Waals surface area (Å²) in [4.78, 5) is 14.7. The van der Waals surface area contributed by atoms with Crippen LogP contribution < -0.4 is 5.32 Å². The zero-order valence-corrected chi connectivity index (χ0v) is 9.54. The Morgan fingerprint density at radius 1 is 1.75 bits per heavy atom. The maximum atomic E-state index is 10.6. The van der Waals surface area contributed by atoms with Gasteiger partial charge in [0.15, 0.2) is 5.13 Å². The lowest BCUT2D eigenvalue weighted by Gasteiger charge is -2.11. The van der Waals surface area contributed by atoms with Gasteiger partial charge in [-0.05, 0) is 6.92 Å². The Hall–Kier alpha value is -1.58. The van der Waals surface area contributed by atoms with E-state index in [1.807, 2.05) is 0 Å². The number of aromatic nitrogens is 1. The van der Waals surface area contributed by atoms with E-state index < -0.39 is 5.97 Å². The average Bonchev–Trinajstić information content (AvgIpc) is 2.72. The Morgan fingerprint density at radius 3 is 3.00 bits per heavy atom. The van der Waals surface area contributed by atoms with Gasteiger partial charge in [-0.25, -0.2) is 9.78 Å². The van der Waals surface area contributed by atoms with Crippen LogP contribution in [0.2, 0.25) is 0 Å². The third-order valence-corrected chi connectivity index (χ3v) is 2.71. The van der Waals surface area contributed by atoms with Gasteiger partial charge in [-0.2, -0.15) is 0 Å². The number of carbonyl (C=O) groups is 1. The van der Waals surface area contributed by atoms with Crippen molar-refractivity contribution < 1.29 is 15.0 Å². The van der Waals surface area contributed by atoms with Gasteiger partial charge in [0.1, 0.15) is 4.88 Å². The molecule has 0 aromatic carbocycles. The quantitative estimate of drug-likeness (QED) is 0.669. The number of anilines is 1. The van der Waals surface area contributed by atoms with Crippen molar-refractivity contribution in [3.63, 3.8) is 0 Å². The first-order valence-corrected chi connectivity index (χ1v) is 5.45. The minimum atomic E-state index is -1.00. The molecule has 3 N–H and O–H groups in total. The number of aliphatic hydroxyl groups excluding tert-OH is 1. The van der Waals surface area contributed by atoms with Gasteiger partial charge in [0, 0.05) is 6.42 Å². The van der Waals surface area contributed by atoms with E-state index in [-0.39, 0.29) is 17.5 Å². The lowest BCUT2D eigenvalue weighted by molar-refractivity contribution is 0.0702. The van der Waals surface area contributed by atoms with Crippen LogP contribution in [0.4, 0.5) is 5.13 Å². The maximum absolute atomic E-state index is 10.6. The van der Waals surface area contributed by atoms with Crippen LogP contribution in [0.1, 0.15) is 23.0 Å². The van der Waals surface area contributed by atoms with Crippen molar-refractivity contribution in [3.05, 3.63) is 11.1 Å². The maximum Gasteiger partial charge on any atom is 0.347 e. The highest BCUT2D eigenvalue weighted by Gasteiger charge is 2.11. The molecule has 0 bridgehead atoms. The molecular weight excluding hydrogens is 228 g/mol. The van der Waals surface area contributed by atoms with Gasteiger partial charge in [0.25, 0.3) is 0 Å². The Balaban J connectivity index is 2.61. The van der Waals surface area contributed by atoms with E-state index in [1.54, 1.807) is 6.92 Å². The van der Waals surface area contributed by atoms with Gasteiger partial charge < -0.3 is 15.5 Å². The fraction of sp³-hybridized carbons (Fsp3) is 0.400. The molecule has 0 radical (unpaired) electrons. The molecule has 6 heteroatoms. The summed E-state index contributed by atoms with van der Waals surface area (Å²) < 4.78 is 0. The number of carboxylic acid groups (broad SMARTS) is 1. The van der Waals surface area contributed by atoms with Gasteiger partial charge in [-0.3, -0.25) is 0 Å². The van der Waals surface area contributed by atoms with Gasteiger partial charge in [-0.1, -0.05) is 11.3 Å². The van der Waals surface area contributed by atoms with Gasteiger partial charge >= 0.3 is 5.97 Å². The van der Waals surface area contributed by atoms with Crippen LogP contribution in [0.25, 0.3) is 0 Å². The van der Waals surface area contributed by atoms with Crippen LogP contribution in [0.3, 0.4) is 0 Å². The van der Waals surface area contributed by atoms with E-state index in [2.05, 4.69) is 22.1 Å². The van der Waals surface area contributed by atoms with Crippen molar-refractivity contribution in [2.24, 2.45) is 0 Å². The first-order valence-electron chi connectivity index (χ1n) is 4.63. The van der Waals surface area contributed by atoms with E-state index in [1.165, 1.54) is 6.20 Å². The van der Waals surface area contributed by atoms with Crippen LogP contribution in [0, 0.1) is 11.8 Å². The van der Waals surface area contributed by atoms with Gasteiger partial charge in [0.05, 0.1) is 18.8 Å². The number of nitrogens with one attached hydrogen (secondary N) is 1. The molecule has 0 saturated carbocycles. The molecule has 1 rings (SSSR count). The SMILES string of the molecule is CC#CCC(CO)Nc1ncc(C(=O)O)s1. The number of aliphatic hydroxyl groups is 1. The van der Waals surface area contributed by atoms with Gasteiger partial charge in [-0.15, -0.1) is 11.8 Å². The molecule has 1 heterocycles. The van der Waals surface area contributed by atoms with E-state index in [0.717, 1.165) is 11.3 Å². The molecule has 0 spiro atoms. The van der Waals surface area contributed by atoms with Crippen molar-refractivity contribution in [1.29, 1.82) is 0 Å². The van der Waals surface area contributed by atoms with Gasteiger partial charge in [0.2, 0.25) is 0 Å². The Labute approximate surface area is 97.1 Å². The Bertz CT molecular complexity index is 419.